The van der Waals surface area contributed by atoms with Gasteiger partial charge in [-0.05, 0) is 55.2 Å². The first kappa shape index (κ1) is 25.1. The lowest BCUT2D eigenvalue weighted by atomic mass is 10.1. The highest BCUT2D eigenvalue weighted by atomic mass is 32.2. The summed E-state index contributed by atoms with van der Waals surface area (Å²) < 4.78 is 32.9. The van der Waals surface area contributed by atoms with Gasteiger partial charge in [0.05, 0.1) is 18.6 Å². The number of benzene rings is 3. The van der Waals surface area contributed by atoms with Gasteiger partial charge in [0.2, 0.25) is 10.0 Å². The number of ether oxygens (including phenoxy) is 1. The fourth-order valence-electron chi connectivity index (χ4n) is 3.29. The lowest BCUT2D eigenvalue weighted by Gasteiger charge is -2.21. The zero-order chi connectivity index (χ0) is 24.4. The number of hydrogen-bond acceptors (Lipinski definition) is 5. The highest BCUT2D eigenvalue weighted by molar-refractivity contribution is 7.89. The Hall–Kier alpha value is -3.49. The van der Waals surface area contributed by atoms with Gasteiger partial charge in [0.15, 0.2) is 0 Å². The van der Waals surface area contributed by atoms with Gasteiger partial charge in [-0.25, -0.2) is 13.8 Å². The van der Waals surface area contributed by atoms with Gasteiger partial charge in [0, 0.05) is 12.3 Å². The summed E-state index contributed by atoms with van der Waals surface area (Å²) in [7, 11) is -2.42. The van der Waals surface area contributed by atoms with E-state index < -0.39 is 15.9 Å². The number of carbonyl (C=O) groups excluding carboxylic acids is 1. The van der Waals surface area contributed by atoms with E-state index in [9.17, 15) is 13.2 Å². The van der Waals surface area contributed by atoms with Crippen LogP contribution in [0.5, 0.6) is 5.75 Å². The van der Waals surface area contributed by atoms with E-state index in [-0.39, 0.29) is 18.0 Å². The van der Waals surface area contributed by atoms with Crippen molar-refractivity contribution in [3.05, 3.63) is 96.1 Å². The van der Waals surface area contributed by atoms with E-state index in [4.69, 9.17) is 4.74 Å². The molecule has 8 heteroatoms. The van der Waals surface area contributed by atoms with E-state index in [1.807, 2.05) is 67.6 Å². The zero-order valence-corrected chi connectivity index (χ0v) is 20.2. The standard InChI is InChI=1S/C26H29N3O4S/c1-21(13-14-22-9-5-3-6-10-22)27-28-26(30)20-29(19-23-11-7-4-8-12-23)34(31,32)25-17-15-24(33-2)16-18-25/h3-12,15-18H,13-14,19-20H2,1-2H3,(H,28,30)/b27-21-. The molecule has 0 saturated heterocycles. The number of sulfonamides is 1. The van der Waals surface area contributed by atoms with Crippen LogP contribution in [0.25, 0.3) is 0 Å². The largest absolute Gasteiger partial charge is 0.497 e. The van der Waals surface area contributed by atoms with Gasteiger partial charge in [0.1, 0.15) is 5.75 Å². The van der Waals surface area contributed by atoms with E-state index in [2.05, 4.69) is 10.5 Å². The minimum atomic E-state index is -3.94. The van der Waals surface area contributed by atoms with Crippen molar-refractivity contribution in [2.75, 3.05) is 13.7 Å². The number of rotatable bonds is 11. The Morgan fingerprint density at radius 3 is 2.09 bits per heavy atom. The molecule has 7 nitrogen and oxygen atoms in total. The molecule has 0 spiro atoms. The monoisotopic (exact) mass is 479 g/mol. The van der Waals surface area contributed by atoms with Crippen molar-refractivity contribution >= 4 is 21.6 Å². The number of aryl methyl sites for hydroxylation is 1. The number of nitrogens with zero attached hydrogens (tertiary/aromatic N) is 2. The molecule has 3 aromatic carbocycles. The summed E-state index contributed by atoms with van der Waals surface area (Å²) in [6, 6.07) is 25.2. The molecule has 1 N–H and O–H groups in total. The minimum Gasteiger partial charge on any atom is -0.497 e. The Morgan fingerprint density at radius 2 is 1.50 bits per heavy atom. The van der Waals surface area contributed by atoms with Crippen molar-refractivity contribution in [1.82, 2.24) is 9.73 Å². The molecule has 0 bridgehead atoms. The van der Waals surface area contributed by atoms with Crippen LogP contribution in [0.15, 0.2) is 94.9 Å². The number of nitrogens with one attached hydrogen (secondary N) is 1. The number of hydrogen-bond donors (Lipinski definition) is 1. The molecule has 34 heavy (non-hydrogen) atoms. The zero-order valence-electron chi connectivity index (χ0n) is 19.3. The third-order valence-corrected chi connectivity index (χ3v) is 7.01. The Balaban J connectivity index is 1.70. The third-order valence-electron chi connectivity index (χ3n) is 5.21. The third kappa shape index (κ3) is 7.26. The highest BCUT2D eigenvalue weighted by Crippen LogP contribution is 2.21. The summed E-state index contributed by atoms with van der Waals surface area (Å²) >= 11 is 0. The van der Waals surface area contributed by atoms with E-state index >= 15 is 0 Å². The topological polar surface area (TPSA) is 88.1 Å². The first-order valence-corrected chi connectivity index (χ1v) is 12.4. The second kappa shape index (κ2) is 12.1. The van der Waals surface area contributed by atoms with Gasteiger partial charge < -0.3 is 4.74 Å². The molecular weight excluding hydrogens is 450 g/mol. The van der Waals surface area contributed by atoms with Crippen molar-refractivity contribution in [2.24, 2.45) is 5.10 Å². The molecule has 0 heterocycles. The maximum atomic E-state index is 13.3. The molecule has 3 aromatic rings. The van der Waals surface area contributed by atoms with Gasteiger partial charge in [-0.3, -0.25) is 4.79 Å². The first-order chi connectivity index (χ1) is 16.4. The molecule has 0 unspecified atom stereocenters. The van der Waals surface area contributed by atoms with Crippen molar-refractivity contribution in [1.29, 1.82) is 0 Å². The van der Waals surface area contributed by atoms with E-state index in [1.54, 1.807) is 12.1 Å². The molecule has 0 aliphatic carbocycles. The summed E-state index contributed by atoms with van der Waals surface area (Å²) in [6.07, 6.45) is 1.49. The summed E-state index contributed by atoms with van der Waals surface area (Å²) in [4.78, 5) is 12.7. The average molecular weight is 480 g/mol. The van der Waals surface area contributed by atoms with Crippen LogP contribution in [0.4, 0.5) is 0 Å². The summed E-state index contributed by atoms with van der Waals surface area (Å²) in [5.74, 6) is 0.0405. The van der Waals surface area contributed by atoms with Gasteiger partial charge in [0.25, 0.3) is 5.91 Å². The van der Waals surface area contributed by atoms with Gasteiger partial charge in [-0.2, -0.15) is 9.41 Å². The van der Waals surface area contributed by atoms with Crippen LogP contribution in [0.2, 0.25) is 0 Å². The molecule has 0 aromatic heterocycles. The van der Waals surface area contributed by atoms with Crippen LogP contribution >= 0.6 is 0 Å². The van der Waals surface area contributed by atoms with Crippen LogP contribution in [-0.2, 0) is 27.8 Å². The second-order valence-corrected chi connectivity index (χ2v) is 9.74. The lowest BCUT2D eigenvalue weighted by molar-refractivity contribution is -0.121. The normalized spacial score (nSPS) is 11.9. The molecule has 178 valence electrons. The van der Waals surface area contributed by atoms with Gasteiger partial charge in [-0.1, -0.05) is 60.7 Å². The molecule has 0 fully saturated rings. The molecule has 0 aliphatic rings. The lowest BCUT2D eigenvalue weighted by Crippen LogP contribution is -2.39. The van der Waals surface area contributed by atoms with Crippen LogP contribution in [0, 0.1) is 0 Å². The fourth-order valence-corrected chi connectivity index (χ4v) is 4.67. The van der Waals surface area contributed by atoms with E-state index in [0.717, 1.165) is 22.0 Å². The summed E-state index contributed by atoms with van der Waals surface area (Å²) in [5.41, 5.74) is 5.21. The Morgan fingerprint density at radius 1 is 0.912 bits per heavy atom. The fraction of sp³-hybridized carbons (Fsp3) is 0.231. The smallest absolute Gasteiger partial charge is 0.255 e. The summed E-state index contributed by atoms with van der Waals surface area (Å²) in [6.45, 7) is 1.52. The highest BCUT2D eigenvalue weighted by Gasteiger charge is 2.27. The number of carbonyl (C=O) groups is 1. The SMILES string of the molecule is COc1ccc(S(=O)(=O)N(CC(=O)N/N=C(/C)CCc2ccccc2)Cc2ccccc2)cc1. The predicted molar refractivity (Wildman–Crippen MR) is 133 cm³/mol. The second-order valence-electron chi connectivity index (χ2n) is 7.80. The average Bonchev–Trinajstić information content (AvgIpc) is 2.87. The quantitative estimate of drug-likeness (QED) is 0.332. The Bertz CT molecular complexity index is 1200. The van der Waals surface area contributed by atoms with Crippen molar-refractivity contribution in [3.8, 4) is 5.75 Å². The van der Waals surface area contributed by atoms with Crippen LogP contribution in [-0.4, -0.2) is 38.0 Å². The molecule has 0 radical (unpaired) electrons. The van der Waals surface area contributed by atoms with Crippen LogP contribution in [0.1, 0.15) is 24.5 Å². The molecule has 3 rings (SSSR count). The Kier molecular flexibility index (Phi) is 8.95. The Labute approximate surface area is 201 Å². The van der Waals surface area contributed by atoms with Crippen LogP contribution < -0.4 is 10.2 Å². The molecule has 0 aliphatic heterocycles. The van der Waals surface area contributed by atoms with Crippen molar-refractivity contribution in [2.45, 2.75) is 31.2 Å². The molecular formula is C26H29N3O4S. The van der Waals surface area contributed by atoms with Gasteiger partial charge >= 0.3 is 0 Å². The molecule has 1 amide bonds. The van der Waals surface area contributed by atoms with Crippen molar-refractivity contribution in [3.63, 3.8) is 0 Å². The first-order valence-electron chi connectivity index (χ1n) is 10.9. The summed E-state index contributed by atoms with van der Waals surface area (Å²) in [5, 5.41) is 4.16. The predicted octanol–water partition coefficient (Wildman–Crippen LogP) is 4.01. The number of amides is 1. The molecule has 0 saturated carbocycles. The maximum absolute atomic E-state index is 13.3. The minimum absolute atomic E-state index is 0.0549. The number of methoxy groups -OCH3 is 1. The van der Waals surface area contributed by atoms with Crippen LogP contribution in [0.3, 0.4) is 0 Å². The maximum Gasteiger partial charge on any atom is 0.255 e. The number of hydrazone groups is 1. The molecule has 0 atom stereocenters. The van der Waals surface area contributed by atoms with E-state index in [0.29, 0.717) is 12.2 Å². The van der Waals surface area contributed by atoms with E-state index in [1.165, 1.54) is 24.8 Å². The van der Waals surface area contributed by atoms with Gasteiger partial charge in [-0.15, -0.1) is 0 Å². The van der Waals surface area contributed by atoms with Crippen molar-refractivity contribution < 1.29 is 17.9 Å².